The van der Waals surface area contributed by atoms with Gasteiger partial charge in [0.2, 0.25) is 5.91 Å². The second-order valence-corrected chi connectivity index (χ2v) is 4.92. The first kappa shape index (κ1) is 13.4. The molecule has 1 heterocycles. The normalized spacial score (nSPS) is 22.8. The van der Waals surface area contributed by atoms with Crippen molar-refractivity contribution in [2.75, 3.05) is 11.4 Å². The number of piperazine rings is 1. The van der Waals surface area contributed by atoms with Crippen molar-refractivity contribution in [1.82, 2.24) is 5.32 Å². The zero-order valence-corrected chi connectivity index (χ0v) is 11.4. The Bertz CT molecular complexity index is 506. The van der Waals surface area contributed by atoms with Crippen molar-refractivity contribution in [1.29, 1.82) is 5.26 Å². The molecule has 1 aliphatic rings. The van der Waals surface area contributed by atoms with Crippen LogP contribution in [0.2, 0.25) is 0 Å². The molecule has 1 aromatic carbocycles. The van der Waals surface area contributed by atoms with Crippen LogP contribution in [-0.4, -0.2) is 24.5 Å². The number of anilines is 1. The number of nitriles is 1. The molecular weight excluding hydrogens is 238 g/mol. The SMILES string of the molecule is CCc1ccccc1N1CC(C)NC(=O)C1CC#N. The van der Waals surface area contributed by atoms with Gasteiger partial charge in [0, 0.05) is 18.3 Å². The minimum absolute atomic E-state index is 0.0498. The van der Waals surface area contributed by atoms with E-state index in [0.29, 0.717) is 0 Å². The molecule has 1 amide bonds. The first-order valence-corrected chi connectivity index (χ1v) is 6.69. The quantitative estimate of drug-likeness (QED) is 0.899. The summed E-state index contributed by atoms with van der Waals surface area (Å²) in [6, 6.07) is 9.95. The Labute approximate surface area is 114 Å². The molecule has 0 aliphatic carbocycles. The Kier molecular flexibility index (Phi) is 4.06. The first-order valence-electron chi connectivity index (χ1n) is 6.69. The molecule has 0 radical (unpaired) electrons. The molecule has 100 valence electrons. The van der Waals surface area contributed by atoms with Crippen LogP contribution in [0.25, 0.3) is 0 Å². The lowest BCUT2D eigenvalue weighted by Gasteiger charge is -2.39. The molecule has 2 unspecified atom stereocenters. The van der Waals surface area contributed by atoms with Gasteiger partial charge in [0.25, 0.3) is 0 Å². The van der Waals surface area contributed by atoms with Crippen molar-refractivity contribution in [3.05, 3.63) is 29.8 Å². The fourth-order valence-corrected chi connectivity index (χ4v) is 2.59. The van der Waals surface area contributed by atoms with Gasteiger partial charge < -0.3 is 10.2 Å². The maximum Gasteiger partial charge on any atom is 0.244 e. The van der Waals surface area contributed by atoms with Crippen LogP contribution in [0.4, 0.5) is 5.69 Å². The highest BCUT2D eigenvalue weighted by Gasteiger charge is 2.33. The predicted molar refractivity (Wildman–Crippen MR) is 74.8 cm³/mol. The monoisotopic (exact) mass is 257 g/mol. The molecule has 0 bridgehead atoms. The van der Waals surface area contributed by atoms with Crippen molar-refractivity contribution >= 4 is 11.6 Å². The maximum atomic E-state index is 12.1. The number of hydrogen-bond acceptors (Lipinski definition) is 3. The van der Waals surface area contributed by atoms with Crippen molar-refractivity contribution in [3.8, 4) is 6.07 Å². The summed E-state index contributed by atoms with van der Waals surface area (Å²) in [5.41, 5.74) is 2.29. The fraction of sp³-hybridized carbons (Fsp3) is 0.467. The molecule has 0 aromatic heterocycles. The van der Waals surface area contributed by atoms with Gasteiger partial charge in [-0.15, -0.1) is 0 Å². The third-order valence-electron chi connectivity index (χ3n) is 3.50. The second-order valence-electron chi connectivity index (χ2n) is 4.92. The molecule has 2 atom stereocenters. The van der Waals surface area contributed by atoms with Gasteiger partial charge in [-0.05, 0) is 25.0 Å². The van der Waals surface area contributed by atoms with E-state index in [1.165, 1.54) is 5.56 Å². The van der Waals surface area contributed by atoms with Gasteiger partial charge in [0.1, 0.15) is 6.04 Å². The van der Waals surface area contributed by atoms with Gasteiger partial charge in [-0.25, -0.2) is 0 Å². The first-order chi connectivity index (χ1) is 9.17. The minimum Gasteiger partial charge on any atom is -0.356 e. The number of aryl methyl sites for hydroxylation is 1. The summed E-state index contributed by atoms with van der Waals surface area (Å²) in [6.45, 7) is 4.84. The van der Waals surface area contributed by atoms with Crippen LogP contribution in [0.15, 0.2) is 24.3 Å². The highest BCUT2D eigenvalue weighted by Crippen LogP contribution is 2.26. The number of carbonyl (C=O) groups is 1. The minimum atomic E-state index is -0.381. The standard InChI is InChI=1S/C15H19N3O/c1-3-12-6-4-5-7-13(12)18-10-11(2)17-15(19)14(18)8-9-16/h4-7,11,14H,3,8,10H2,1-2H3,(H,17,19). The average molecular weight is 257 g/mol. The Hall–Kier alpha value is -2.02. The molecule has 1 aliphatic heterocycles. The number of hydrogen-bond donors (Lipinski definition) is 1. The lowest BCUT2D eigenvalue weighted by Crippen LogP contribution is -2.59. The largest absolute Gasteiger partial charge is 0.356 e. The van der Waals surface area contributed by atoms with Crippen molar-refractivity contribution < 1.29 is 4.79 Å². The fourth-order valence-electron chi connectivity index (χ4n) is 2.59. The Morgan fingerprint density at radius 1 is 1.47 bits per heavy atom. The van der Waals surface area contributed by atoms with Crippen LogP contribution in [0, 0.1) is 11.3 Å². The van der Waals surface area contributed by atoms with Gasteiger partial charge in [0.15, 0.2) is 0 Å². The predicted octanol–water partition coefficient (Wildman–Crippen LogP) is 1.86. The maximum absolute atomic E-state index is 12.1. The van der Waals surface area contributed by atoms with E-state index in [4.69, 9.17) is 5.26 Å². The summed E-state index contributed by atoms with van der Waals surface area (Å²) in [7, 11) is 0. The summed E-state index contributed by atoms with van der Waals surface area (Å²) < 4.78 is 0. The van der Waals surface area contributed by atoms with E-state index < -0.39 is 0 Å². The molecule has 19 heavy (non-hydrogen) atoms. The summed E-state index contributed by atoms with van der Waals surface area (Å²) in [5, 5.41) is 11.9. The van der Waals surface area contributed by atoms with Crippen LogP contribution < -0.4 is 10.2 Å². The summed E-state index contributed by atoms with van der Waals surface area (Å²) in [4.78, 5) is 14.1. The molecular formula is C15H19N3O. The molecule has 1 aromatic rings. The Balaban J connectivity index is 2.38. The lowest BCUT2D eigenvalue weighted by molar-refractivity contribution is -0.124. The van der Waals surface area contributed by atoms with E-state index in [1.54, 1.807) is 0 Å². The number of carbonyl (C=O) groups excluding carboxylic acids is 1. The Morgan fingerprint density at radius 2 is 2.21 bits per heavy atom. The zero-order valence-electron chi connectivity index (χ0n) is 11.4. The third-order valence-corrected chi connectivity index (χ3v) is 3.50. The highest BCUT2D eigenvalue weighted by atomic mass is 16.2. The van der Waals surface area contributed by atoms with Gasteiger partial charge in [-0.2, -0.15) is 5.26 Å². The molecule has 1 saturated heterocycles. The number of amides is 1. The van der Waals surface area contributed by atoms with E-state index in [0.717, 1.165) is 18.7 Å². The number of benzene rings is 1. The smallest absolute Gasteiger partial charge is 0.244 e. The van der Waals surface area contributed by atoms with Crippen molar-refractivity contribution in [3.63, 3.8) is 0 Å². The van der Waals surface area contributed by atoms with E-state index in [9.17, 15) is 4.79 Å². The van der Waals surface area contributed by atoms with Crippen LogP contribution in [0.1, 0.15) is 25.8 Å². The van der Waals surface area contributed by atoms with Gasteiger partial charge >= 0.3 is 0 Å². The zero-order chi connectivity index (χ0) is 13.8. The second kappa shape index (κ2) is 5.75. The van der Waals surface area contributed by atoms with Crippen LogP contribution in [-0.2, 0) is 11.2 Å². The number of rotatable bonds is 3. The van der Waals surface area contributed by atoms with E-state index in [2.05, 4.69) is 29.3 Å². The number of nitrogens with zero attached hydrogens (tertiary/aromatic N) is 2. The molecule has 4 heteroatoms. The van der Waals surface area contributed by atoms with E-state index >= 15 is 0 Å². The molecule has 0 saturated carbocycles. The van der Waals surface area contributed by atoms with Crippen LogP contribution in [0.5, 0.6) is 0 Å². The van der Waals surface area contributed by atoms with Crippen molar-refractivity contribution in [2.45, 2.75) is 38.8 Å². The Morgan fingerprint density at radius 3 is 2.89 bits per heavy atom. The molecule has 1 N–H and O–H groups in total. The summed E-state index contributed by atoms with van der Waals surface area (Å²) in [5.74, 6) is -0.0498. The highest BCUT2D eigenvalue weighted by molar-refractivity contribution is 5.87. The van der Waals surface area contributed by atoms with E-state index in [1.807, 2.05) is 25.1 Å². The molecule has 0 spiro atoms. The summed E-state index contributed by atoms with van der Waals surface area (Å²) in [6.07, 6.45) is 1.14. The summed E-state index contributed by atoms with van der Waals surface area (Å²) >= 11 is 0. The topological polar surface area (TPSA) is 56.1 Å². The van der Waals surface area contributed by atoms with Crippen LogP contribution >= 0.6 is 0 Å². The van der Waals surface area contributed by atoms with Gasteiger partial charge in [0.05, 0.1) is 12.5 Å². The van der Waals surface area contributed by atoms with E-state index in [-0.39, 0.29) is 24.4 Å². The lowest BCUT2D eigenvalue weighted by atomic mass is 10.0. The number of nitrogens with one attached hydrogen (secondary N) is 1. The average Bonchev–Trinajstić information content (AvgIpc) is 2.41. The number of para-hydroxylation sites is 1. The van der Waals surface area contributed by atoms with Crippen molar-refractivity contribution in [2.24, 2.45) is 0 Å². The molecule has 4 nitrogen and oxygen atoms in total. The van der Waals surface area contributed by atoms with Crippen LogP contribution in [0.3, 0.4) is 0 Å². The van der Waals surface area contributed by atoms with Gasteiger partial charge in [-0.3, -0.25) is 4.79 Å². The third kappa shape index (κ3) is 2.70. The molecule has 1 fully saturated rings. The molecule has 2 rings (SSSR count). The van der Waals surface area contributed by atoms with Gasteiger partial charge in [-0.1, -0.05) is 25.1 Å².